The van der Waals surface area contributed by atoms with Gasteiger partial charge in [-0.15, -0.1) is 0 Å². The van der Waals surface area contributed by atoms with Gasteiger partial charge in [0.15, 0.2) is 0 Å². The second-order valence-corrected chi connectivity index (χ2v) is 6.58. The number of thiazole rings is 1. The van der Waals surface area contributed by atoms with E-state index in [9.17, 15) is 14.4 Å². The fourth-order valence-electron chi connectivity index (χ4n) is 2.02. The third kappa shape index (κ3) is 3.04. The van der Waals surface area contributed by atoms with Gasteiger partial charge in [-0.3, -0.25) is 14.4 Å². The Morgan fingerprint density at radius 3 is 2.58 bits per heavy atom. The van der Waals surface area contributed by atoms with Crippen molar-refractivity contribution >= 4 is 23.2 Å². The lowest BCUT2D eigenvalue weighted by molar-refractivity contribution is -0.148. The molecule has 2 rings (SSSR count). The maximum absolute atomic E-state index is 12.4. The van der Waals surface area contributed by atoms with Crippen LogP contribution in [0.2, 0.25) is 0 Å². The molecule has 1 aliphatic rings. The maximum Gasteiger partial charge on any atom is 0.304 e. The number of hydrogen-bond donors (Lipinski definition) is 2. The van der Waals surface area contributed by atoms with Crippen molar-refractivity contribution in [1.29, 1.82) is 0 Å². The smallest absolute Gasteiger partial charge is 0.304 e. The van der Waals surface area contributed by atoms with Gasteiger partial charge in [-0.1, -0.05) is 32.1 Å². The summed E-state index contributed by atoms with van der Waals surface area (Å²) in [6.07, 6.45) is 0. The third-order valence-corrected chi connectivity index (χ3v) is 3.71. The minimum absolute atomic E-state index is 0.0310. The Bertz CT molecular complexity index is 555. The standard InChI is InChI=1S/C12H17N3O3S/c1-12(2,3)9-10(17)15(5-8(16)14-9)4-7-6-19-11(18)13-7/h6,9H,4-5H2,1-3H3,(H,13,18)(H,14,16). The number of nitrogens with one attached hydrogen (secondary N) is 2. The largest absolute Gasteiger partial charge is 0.342 e. The summed E-state index contributed by atoms with van der Waals surface area (Å²) < 4.78 is 0. The molecule has 2 N–H and O–H groups in total. The van der Waals surface area contributed by atoms with Crippen molar-refractivity contribution in [2.24, 2.45) is 5.41 Å². The van der Waals surface area contributed by atoms with Gasteiger partial charge >= 0.3 is 4.87 Å². The molecule has 0 aromatic carbocycles. The number of aromatic amines is 1. The molecule has 2 amide bonds. The van der Waals surface area contributed by atoms with Crippen LogP contribution >= 0.6 is 11.3 Å². The van der Waals surface area contributed by atoms with Crippen LogP contribution < -0.4 is 10.2 Å². The number of amides is 2. The molecule has 19 heavy (non-hydrogen) atoms. The zero-order chi connectivity index (χ0) is 14.2. The van der Waals surface area contributed by atoms with Crippen LogP contribution in [0.5, 0.6) is 0 Å². The van der Waals surface area contributed by atoms with Crippen molar-refractivity contribution in [2.75, 3.05) is 6.54 Å². The second-order valence-electron chi connectivity index (χ2n) is 5.73. The Kier molecular flexibility index (Phi) is 3.49. The third-order valence-electron chi connectivity index (χ3n) is 3.00. The first kappa shape index (κ1) is 13.8. The van der Waals surface area contributed by atoms with Crippen LogP contribution in [0.15, 0.2) is 10.2 Å². The number of carbonyl (C=O) groups is 2. The molecular formula is C12H17N3O3S. The van der Waals surface area contributed by atoms with E-state index in [-0.39, 0.29) is 35.2 Å². The van der Waals surface area contributed by atoms with Gasteiger partial charge < -0.3 is 15.2 Å². The molecule has 2 heterocycles. The van der Waals surface area contributed by atoms with Crippen molar-refractivity contribution in [3.05, 3.63) is 20.7 Å². The topological polar surface area (TPSA) is 82.3 Å². The van der Waals surface area contributed by atoms with E-state index in [4.69, 9.17) is 0 Å². The fraction of sp³-hybridized carbons (Fsp3) is 0.583. The number of aromatic nitrogens is 1. The Labute approximate surface area is 114 Å². The summed E-state index contributed by atoms with van der Waals surface area (Å²) >= 11 is 1.05. The van der Waals surface area contributed by atoms with Gasteiger partial charge in [0.05, 0.1) is 6.54 Å². The van der Waals surface area contributed by atoms with Crippen LogP contribution in [0, 0.1) is 5.41 Å². The van der Waals surface area contributed by atoms with E-state index in [1.54, 1.807) is 5.38 Å². The predicted octanol–water partition coefficient (Wildman–Crippen LogP) is 0.309. The van der Waals surface area contributed by atoms with Gasteiger partial charge in [-0.2, -0.15) is 0 Å². The van der Waals surface area contributed by atoms with Gasteiger partial charge in [-0.25, -0.2) is 0 Å². The van der Waals surface area contributed by atoms with E-state index in [1.807, 2.05) is 20.8 Å². The van der Waals surface area contributed by atoms with Crippen LogP contribution in [0.25, 0.3) is 0 Å². The summed E-state index contributed by atoms with van der Waals surface area (Å²) in [5, 5.41) is 4.40. The molecule has 1 aliphatic heterocycles. The van der Waals surface area contributed by atoms with Crippen LogP contribution in [-0.4, -0.2) is 34.3 Å². The van der Waals surface area contributed by atoms with E-state index >= 15 is 0 Å². The van der Waals surface area contributed by atoms with Crippen molar-refractivity contribution in [3.8, 4) is 0 Å². The quantitative estimate of drug-likeness (QED) is 0.819. The zero-order valence-corrected chi connectivity index (χ0v) is 12.0. The van der Waals surface area contributed by atoms with Crippen molar-refractivity contribution in [3.63, 3.8) is 0 Å². The lowest BCUT2D eigenvalue weighted by atomic mass is 9.85. The van der Waals surface area contributed by atoms with E-state index in [1.165, 1.54) is 4.90 Å². The predicted molar refractivity (Wildman–Crippen MR) is 71.7 cm³/mol. The van der Waals surface area contributed by atoms with Crippen molar-refractivity contribution in [2.45, 2.75) is 33.4 Å². The van der Waals surface area contributed by atoms with Crippen LogP contribution in [0.3, 0.4) is 0 Å². The number of piperazine rings is 1. The molecular weight excluding hydrogens is 266 g/mol. The number of carbonyl (C=O) groups excluding carboxylic acids is 2. The van der Waals surface area contributed by atoms with Gasteiger partial charge in [0.1, 0.15) is 12.6 Å². The number of rotatable bonds is 2. The molecule has 1 saturated heterocycles. The highest BCUT2D eigenvalue weighted by atomic mass is 32.1. The highest BCUT2D eigenvalue weighted by Crippen LogP contribution is 2.23. The minimum Gasteiger partial charge on any atom is -0.342 e. The average molecular weight is 283 g/mol. The van der Waals surface area contributed by atoms with Crippen LogP contribution in [0.4, 0.5) is 0 Å². The summed E-state index contributed by atoms with van der Waals surface area (Å²) in [5.41, 5.74) is 0.318. The summed E-state index contributed by atoms with van der Waals surface area (Å²) in [6, 6.07) is -0.529. The molecule has 1 unspecified atom stereocenters. The molecule has 1 fully saturated rings. The Balaban J connectivity index is 2.18. The first-order chi connectivity index (χ1) is 8.77. The highest BCUT2D eigenvalue weighted by Gasteiger charge is 2.39. The molecule has 6 nitrogen and oxygen atoms in total. The van der Waals surface area contributed by atoms with Crippen molar-refractivity contribution in [1.82, 2.24) is 15.2 Å². The van der Waals surface area contributed by atoms with Gasteiger partial charge in [0.2, 0.25) is 11.8 Å². The normalized spacial score (nSPS) is 20.6. The van der Waals surface area contributed by atoms with E-state index in [0.29, 0.717) is 5.69 Å². The molecule has 1 aromatic rings. The number of nitrogens with zero attached hydrogens (tertiary/aromatic N) is 1. The summed E-state index contributed by atoms with van der Waals surface area (Å²) in [5.74, 6) is -0.281. The summed E-state index contributed by atoms with van der Waals surface area (Å²) in [4.78, 5) is 39.1. The Hall–Kier alpha value is -1.63. The lowest BCUT2D eigenvalue weighted by Crippen LogP contribution is -2.61. The SMILES string of the molecule is CC(C)(C)C1NC(=O)CN(Cc2csc(=O)[nH]2)C1=O. The fourth-order valence-corrected chi connectivity index (χ4v) is 2.59. The molecule has 7 heteroatoms. The molecule has 1 aromatic heterocycles. The van der Waals surface area contributed by atoms with Gasteiger partial charge in [0, 0.05) is 11.1 Å². The highest BCUT2D eigenvalue weighted by molar-refractivity contribution is 7.07. The van der Waals surface area contributed by atoms with Gasteiger partial charge in [0.25, 0.3) is 0 Å². The first-order valence-electron chi connectivity index (χ1n) is 6.02. The lowest BCUT2D eigenvalue weighted by Gasteiger charge is -2.38. The average Bonchev–Trinajstić information content (AvgIpc) is 2.67. The Morgan fingerprint density at radius 1 is 1.37 bits per heavy atom. The zero-order valence-electron chi connectivity index (χ0n) is 11.1. The van der Waals surface area contributed by atoms with Crippen molar-refractivity contribution < 1.29 is 9.59 Å². The summed E-state index contributed by atoms with van der Waals surface area (Å²) in [6.45, 7) is 6.02. The second kappa shape index (κ2) is 4.80. The molecule has 0 spiro atoms. The monoisotopic (exact) mass is 283 g/mol. The van der Waals surface area contributed by atoms with E-state index in [0.717, 1.165) is 11.3 Å². The summed E-state index contributed by atoms with van der Waals surface area (Å²) in [7, 11) is 0. The number of H-pyrrole nitrogens is 1. The maximum atomic E-state index is 12.4. The molecule has 1 atom stereocenters. The van der Waals surface area contributed by atoms with E-state index in [2.05, 4.69) is 10.3 Å². The molecule has 0 bridgehead atoms. The molecule has 0 saturated carbocycles. The first-order valence-corrected chi connectivity index (χ1v) is 6.90. The molecule has 0 radical (unpaired) electrons. The Morgan fingerprint density at radius 2 is 2.05 bits per heavy atom. The molecule has 104 valence electrons. The van der Waals surface area contributed by atoms with Crippen LogP contribution in [0.1, 0.15) is 26.5 Å². The van der Waals surface area contributed by atoms with Crippen LogP contribution in [-0.2, 0) is 16.1 Å². The van der Waals surface area contributed by atoms with E-state index < -0.39 is 6.04 Å². The van der Waals surface area contributed by atoms with Gasteiger partial charge in [-0.05, 0) is 5.41 Å². The minimum atomic E-state index is -0.529. The molecule has 0 aliphatic carbocycles. The number of hydrogen-bond acceptors (Lipinski definition) is 4.